The zero-order valence-electron chi connectivity index (χ0n) is 12.6. The molecule has 0 aliphatic rings. The molecule has 1 aromatic heterocycles. The average Bonchev–Trinajstić information content (AvgIpc) is 2.61. The summed E-state index contributed by atoms with van der Waals surface area (Å²) in [5.74, 6) is 0.202. The first-order chi connectivity index (χ1) is 11.1. The highest BCUT2D eigenvalue weighted by atomic mass is 32.1. The lowest BCUT2D eigenvalue weighted by Gasteiger charge is -2.17. The second-order valence-electron chi connectivity index (χ2n) is 5.27. The number of thiol groups is 1. The van der Waals surface area contributed by atoms with Crippen LogP contribution in [0.15, 0.2) is 59.5 Å². The van der Waals surface area contributed by atoms with Crippen molar-refractivity contribution in [1.29, 1.82) is 0 Å². The molecule has 3 rings (SSSR count). The number of hydrogen-bond donors (Lipinski definition) is 2. The second-order valence-corrected chi connectivity index (χ2v) is 5.59. The zero-order chi connectivity index (χ0) is 16.4. The Morgan fingerprint density at radius 1 is 1.17 bits per heavy atom. The number of rotatable bonds is 3. The number of pyridine rings is 1. The molecular weight excluding hydrogens is 308 g/mol. The summed E-state index contributed by atoms with van der Waals surface area (Å²) < 4.78 is 0. The Labute approximate surface area is 139 Å². The van der Waals surface area contributed by atoms with Gasteiger partial charge in [-0.15, -0.1) is 0 Å². The van der Waals surface area contributed by atoms with E-state index < -0.39 is 0 Å². The monoisotopic (exact) mass is 324 g/mol. The predicted molar refractivity (Wildman–Crippen MR) is 96.4 cm³/mol. The number of anilines is 1. The van der Waals surface area contributed by atoms with Crippen molar-refractivity contribution in [3.63, 3.8) is 0 Å². The molecule has 1 N–H and O–H groups in total. The molecule has 0 atom stereocenters. The van der Waals surface area contributed by atoms with E-state index in [1.807, 2.05) is 42.5 Å². The van der Waals surface area contributed by atoms with Crippen molar-refractivity contribution in [2.45, 2.75) is 5.75 Å². The number of H-pyrrole nitrogens is 1. The molecule has 0 unspecified atom stereocenters. The van der Waals surface area contributed by atoms with Crippen LogP contribution < -0.4 is 10.3 Å². The number of nitrogens with zero attached hydrogens (tertiary/aromatic N) is 1. The van der Waals surface area contributed by atoms with Gasteiger partial charge < -0.3 is 9.88 Å². The quantitative estimate of drug-likeness (QED) is 0.727. The number of para-hydroxylation sites is 1. The highest BCUT2D eigenvalue weighted by Crippen LogP contribution is 2.16. The number of aromatic amines is 1. The van der Waals surface area contributed by atoms with E-state index in [0.717, 1.165) is 11.3 Å². The summed E-state index contributed by atoms with van der Waals surface area (Å²) in [7, 11) is 1.66. The lowest BCUT2D eigenvalue weighted by Crippen LogP contribution is -2.31. The van der Waals surface area contributed by atoms with Crippen LogP contribution in [0.25, 0.3) is 10.9 Å². The fraction of sp³-hybridized carbons (Fsp3) is 0.111. The lowest BCUT2D eigenvalue weighted by molar-refractivity contribution is 0.0992. The van der Waals surface area contributed by atoms with Gasteiger partial charge in [0.2, 0.25) is 5.43 Å². The summed E-state index contributed by atoms with van der Waals surface area (Å²) >= 11 is 4.23. The largest absolute Gasteiger partial charge is 0.360 e. The van der Waals surface area contributed by atoms with E-state index in [4.69, 9.17) is 0 Å². The van der Waals surface area contributed by atoms with Gasteiger partial charge >= 0.3 is 0 Å². The van der Waals surface area contributed by atoms with Gasteiger partial charge in [-0.3, -0.25) is 9.59 Å². The van der Waals surface area contributed by atoms with Crippen LogP contribution in [-0.2, 0) is 5.75 Å². The Balaban J connectivity index is 2.07. The Morgan fingerprint density at radius 2 is 1.91 bits per heavy atom. The van der Waals surface area contributed by atoms with Crippen LogP contribution >= 0.6 is 12.6 Å². The third-order valence-electron chi connectivity index (χ3n) is 3.81. The van der Waals surface area contributed by atoms with E-state index in [-0.39, 0.29) is 16.9 Å². The highest BCUT2D eigenvalue weighted by molar-refractivity contribution is 7.79. The van der Waals surface area contributed by atoms with Crippen molar-refractivity contribution in [3.8, 4) is 0 Å². The fourth-order valence-electron chi connectivity index (χ4n) is 2.47. The maximum atomic E-state index is 12.7. The fourth-order valence-corrected chi connectivity index (χ4v) is 2.67. The Kier molecular flexibility index (Phi) is 4.21. The summed E-state index contributed by atoms with van der Waals surface area (Å²) in [6, 6.07) is 14.7. The first-order valence-corrected chi connectivity index (χ1v) is 7.83. The summed E-state index contributed by atoms with van der Waals surface area (Å²) in [5.41, 5.74) is 2.24. The van der Waals surface area contributed by atoms with E-state index in [0.29, 0.717) is 16.7 Å². The van der Waals surface area contributed by atoms with E-state index in [1.54, 1.807) is 13.1 Å². The van der Waals surface area contributed by atoms with Gasteiger partial charge in [0.1, 0.15) is 5.56 Å². The van der Waals surface area contributed by atoms with Crippen LogP contribution in [-0.4, -0.2) is 17.9 Å². The topological polar surface area (TPSA) is 53.2 Å². The molecule has 5 heteroatoms. The van der Waals surface area contributed by atoms with Gasteiger partial charge in [0.15, 0.2) is 0 Å². The molecule has 0 bridgehead atoms. The minimum atomic E-state index is -0.337. The van der Waals surface area contributed by atoms with E-state index >= 15 is 0 Å². The minimum Gasteiger partial charge on any atom is -0.360 e. The number of aromatic nitrogens is 1. The molecule has 2 aromatic carbocycles. The van der Waals surface area contributed by atoms with Gasteiger partial charge in [0.25, 0.3) is 5.91 Å². The number of benzene rings is 2. The predicted octanol–water partition coefficient (Wildman–Crippen LogP) is 3.23. The molecule has 0 aliphatic carbocycles. The Hall–Kier alpha value is -2.53. The SMILES string of the molecule is CN(C(=O)c1c[nH]c2ccc(CS)cc2c1=O)c1ccccc1. The maximum Gasteiger partial charge on any atom is 0.263 e. The van der Waals surface area contributed by atoms with Crippen molar-refractivity contribution in [2.75, 3.05) is 11.9 Å². The summed E-state index contributed by atoms with van der Waals surface area (Å²) in [5, 5.41) is 0.504. The van der Waals surface area contributed by atoms with Crippen LogP contribution in [0.3, 0.4) is 0 Å². The lowest BCUT2D eigenvalue weighted by atomic mass is 10.1. The van der Waals surface area contributed by atoms with Crippen molar-refractivity contribution in [1.82, 2.24) is 4.98 Å². The number of amides is 1. The highest BCUT2D eigenvalue weighted by Gasteiger charge is 2.18. The number of carbonyl (C=O) groups is 1. The standard InChI is InChI=1S/C18H16N2O2S/c1-20(13-5-3-2-4-6-13)18(22)15-10-19-16-8-7-12(11-23)9-14(16)17(15)21/h2-10,23H,11H2,1H3,(H,19,21). The summed E-state index contributed by atoms with van der Waals surface area (Å²) in [6.45, 7) is 0. The molecule has 1 heterocycles. The van der Waals surface area contributed by atoms with Gasteiger partial charge in [-0.2, -0.15) is 12.6 Å². The van der Waals surface area contributed by atoms with Crippen LogP contribution in [0.5, 0.6) is 0 Å². The Bertz CT molecular complexity index is 919. The maximum absolute atomic E-state index is 12.7. The number of nitrogens with one attached hydrogen (secondary N) is 1. The molecule has 0 radical (unpaired) electrons. The summed E-state index contributed by atoms with van der Waals surface area (Å²) in [6.07, 6.45) is 1.48. The number of hydrogen-bond acceptors (Lipinski definition) is 3. The molecule has 4 nitrogen and oxygen atoms in total. The van der Waals surface area contributed by atoms with Crippen molar-refractivity contribution < 1.29 is 4.79 Å². The van der Waals surface area contributed by atoms with Gasteiger partial charge in [-0.1, -0.05) is 24.3 Å². The molecule has 3 aromatic rings. The van der Waals surface area contributed by atoms with Gasteiger partial charge in [-0.25, -0.2) is 0 Å². The third kappa shape index (κ3) is 2.87. The van der Waals surface area contributed by atoms with E-state index in [2.05, 4.69) is 17.6 Å². The van der Waals surface area contributed by atoms with Crippen molar-refractivity contribution in [3.05, 3.63) is 76.1 Å². The van der Waals surface area contributed by atoms with Crippen molar-refractivity contribution >= 4 is 35.1 Å². The molecule has 0 spiro atoms. The molecular formula is C18H16N2O2S. The van der Waals surface area contributed by atoms with Gasteiger partial charge in [0, 0.05) is 35.6 Å². The molecule has 1 amide bonds. The van der Waals surface area contributed by atoms with Crippen LogP contribution in [0.1, 0.15) is 15.9 Å². The normalized spacial score (nSPS) is 10.7. The molecule has 0 saturated carbocycles. The third-order valence-corrected chi connectivity index (χ3v) is 4.17. The van der Waals surface area contributed by atoms with E-state index in [1.165, 1.54) is 11.1 Å². The molecule has 116 valence electrons. The van der Waals surface area contributed by atoms with Gasteiger partial charge in [0.05, 0.1) is 0 Å². The van der Waals surface area contributed by atoms with Crippen LogP contribution in [0, 0.1) is 0 Å². The Morgan fingerprint density at radius 3 is 2.61 bits per heavy atom. The molecule has 0 saturated heterocycles. The minimum absolute atomic E-state index is 0.125. The van der Waals surface area contributed by atoms with Crippen LogP contribution in [0.4, 0.5) is 5.69 Å². The second kappa shape index (κ2) is 6.30. The number of carbonyl (C=O) groups excluding carboxylic acids is 1. The van der Waals surface area contributed by atoms with Crippen molar-refractivity contribution in [2.24, 2.45) is 0 Å². The van der Waals surface area contributed by atoms with E-state index in [9.17, 15) is 9.59 Å². The first kappa shape index (κ1) is 15.4. The van der Waals surface area contributed by atoms with Gasteiger partial charge in [-0.05, 0) is 29.8 Å². The van der Waals surface area contributed by atoms with Crippen LogP contribution in [0.2, 0.25) is 0 Å². The first-order valence-electron chi connectivity index (χ1n) is 7.20. The molecule has 0 fully saturated rings. The molecule has 0 aliphatic heterocycles. The summed E-state index contributed by atoms with van der Waals surface area (Å²) in [4.78, 5) is 29.8. The smallest absolute Gasteiger partial charge is 0.263 e. The number of fused-ring (bicyclic) bond motifs is 1. The zero-order valence-corrected chi connectivity index (χ0v) is 13.5. The molecule has 23 heavy (non-hydrogen) atoms. The average molecular weight is 324 g/mol.